The highest BCUT2D eigenvalue weighted by Gasteiger charge is 2.10. The number of nitrogens with one attached hydrogen (secondary N) is 2. The van der Waals surface area contributed by atoms with Crippen molar-refractivity contribution in [1.29, 1.82) is 0 Å². The highest BCUT2D eigenvalue weighted by molar-refractivity contribution is 7.98. The molecule has 0 atom stereocenters. The van der Waals surface area contributed by atoms with Crippen molar-refractivity contribution >= 4 is 35.0 Å². The Morgan fingerprint density at radius 2 is 1.23 bits per heavy atom. The highest BCUT2D eigenvalue weighted by Crippen LogP contribution is 2.25. The average molecular weight is 435 g/mol. The number of furan rings is 2. The second-order valence-electron chi connectivity index (χ2n) is 6.38. The molecule has 0 fully saturated rings. The predicted octanol–water partition coefficient (Wildman–Crippen LogP) is 6.09. The van der Waals surface area contributed by atoms with Crippen LogP contribution in [-0.4, -0.2) is 18.1 Å². The predicted molar refractivity (Wildman–Crippen MR) is 123 cm³/mol. The molecular formula is C24H22N2O4S. The first-order valence-corrected chi connectivity index (χ1v) is 10.7. The van der Waals surface area contributed by atoms with E-state index in [1.54, 1.807) is 36.0 Å². The number of aryl methyl sites for hydroxylation is 1. The Bertz CT molecular complexity index is 1120. The topological polar surface area (TPSA) is 84.5 Å². The first-order valence-electron chi connectivity index (χ1n) is 9.47. The minimum absolute atomic E-state index is 0.227. The number of para-hydroxylation sites is 2. The molecule has 158 valence electrons. The second-order valence-corrected chi connectivity index (χ2v) is 7.23. The zero-order valence-electron chi connectivity index (χ0n) is 17.1. The van der Waals surface area contributed by atoms with E-state index in [1.165, 1.54) is 12.5 Å². The van der Waals surface area contributed by atoms with Gasteiger partial charge in [0, 0.05) is 10.6 Å². The first kappa shape index (κ1) is 22.0. The summed E-state index contributed by atoms with van der Waals surface area (Å²) in [4.78, 5) is 24.4. The van der Waals surface area contributed by atoms with Gasteiger partial charge in [0.25, 0.3) is 11.8 Å². The number of rotatable bonds is 5. The minimum Gasteiger partial charge on any atom is -0.459 e. The molecule has 2 amide bonds. The van der Waals surface area contributed by atoms with E-state index < -0.39 is 0 Å². The molecule has 0 aliphatic carbocycles. The van der Waals surface area contributed by atoms with E-state index in [1.807, 2.05) is 61.7 Å². The number of anilines is 2. The Kier molecular flexibility index (Phi) is 7.73. The Morgan fingerprint density at radius 1 is 0.710 bits per heavy atom. The van der Waals surface area contributed by atoms with Gasteiger partial charge in [-0.2, -0.15) is 0 Å². The van der Waals surface area contributed by atoms with Crippen LogP contribution in [0, 0.1) is 6.92 Å². The molecule has 0 aliphatic heterocycles. The van der Waals surface area contributed by atoms with Gasteiger partial charge < -0.3 is 19.5 Å². The lowest BCUT2D eigenvalue weighted by Crippen LogP contribution is -2.11. The van der Waals surface area contributed by atoms with Crippen molar-refractivity contribution in [1.82, 2.24) is 0 Å². The fourth-order valence-corrected chi connectivity index (χ4v) is 3.20. The number of carbonyl (C=O) groups excluding carboxylic acids is 2. The van der Waals surface area contributed by atoms with Gasteiger partial charge >= 0.3 is 0 Å². The van der Waals surface area contributed by atoms with Crippen LogP contribution in [-0.2, 0) is 0 Å². The molecule has 0 aliphatic rings. The van der Waals surface area contributed by atoms with Crippen LogP contribution in [0.25, 0.3) is 0 Å². The van der Waals surface area contributed by atoms with Crippen LogP contribution >= 0.6 is 11.8 Å². The third-order valence-electron chi connectivity index (χ3n) is 4.24. The summed E-state index contributed by atoms with van der Waals surface area (Å²) in [5.41, 5.74) is 2.63. The number of hydrogen-bond acceptors (Lipinski definition) is 5. The SMILES string of the molecule is CSc1ccccc1NC(=O)c1ccco1.Cc1ccccc1NC(=O)c1ccco1. The molecule has 2 heterocycles. The van der Waals surface area contributed by atoms with Gasteiger partial charge in [-0.05, 0) is 61.2 Å². The van der Waals surface area contributed by atoms with E-state index in [4.69, 9.17) is 8.83 Å². The summed E-state index contributed by atoms with van der Waals surface area (Å²) in [7, 11) is 0. The Morgan fingerprint density at radius 3 is 1.74 bits per heavy atom. The van der Waals surface area contributed by atoms with Crippen molar-refractivity contribution in [3.63, 3.8) is 0 Å². The molecule has 2 aromatic heterocycles. The van der Waals surface area contributed by atoms with Crippen molar-refractivity contribution in [3.8, 4) is 0 Å². The van der Waals surface area contributed by atoms with E-state index in [9.17, 15) is 9.59 Å². The molecule has 0 saturated carbocycles. The molecule has 0 bridgehead atoms. The Labute approximate surface area is 184 Å². The third-order valence-corrected chi connectivity index (χ3v) is 5.03. The van der Waals surface area contributed by atoms with Crippen LogP contribution in [0.2, 0.25) is 0 Å². The number of hydrogen-bond donors (Lipinski definition) is 2. The summed E-state index contributed by atoms with van der Waals surface area (Å²) < 4.78 is 10.0. The quantitative estimate of drug-likeness (QED) is 0.371. The van der Waals surface area contributed by atoms with Crippen LogP contribution in [0.1, 0.15) is 26.7 Å². The van der Waals surface area contributed by atoms with Crippen LogP contribution in [0.4, 0.5) is 11.4 Å². The van der Waals surface area contributed by atoms with Gasteiger partial charge in [-0.3, -0.25) is 9.59 Å². The van der Waals surface area contributed by atoms with Gasteiger partial charge in [0.2, 0.25) is 0 Å². The zero-order valence-corrected chi connectivity index (χ0v) is 17.9. The van der Waals surface area contributed by atoms with E-state index in [0.717, 1.165) is 21.8 Å². The molecule has 6 nitrogen and oxygen atoms in total. The van der Waals surface area contributed by atoms with Crippen LogP contribution in [0.5, 0.6) is 0 Å². The molecule has 31 heavy (non-hydrogen) atoms. The number of carbonyl (C=O) groups is 2. The van der Waals surface area contributed by atoms with Crippen molar-refractivity contribution in [2.45, 2.75) is 11.8 Å². The van der Waals surface area contributed by atoms with Gasteiger partial charge in [-0.25, -0.2) is 0 Å². The molecule has 0 unspecified atom stereocenters. The highest BCUT2D eigenvalue weighted by atomic mass is 32.2. The summed E-state index contributed by atoms with van der Waals surface area (Å²) in [5.74, 6) is 0.176. The summed E-state index contributed by atoms with van der Waals surface area (Å²) in [6.07, 6.45) is 4.93. The lowest BCUT2D eigenvalue weighted by molar-refractivity contribution is 0.0989. The average Bonchev–Trinajstić information content (AvgIpc) is 3.51. The van der Waals surface area contributed by atoms with Crippen molar-refractivity contribution in [2.75, 3.05) is 16.9 Å². The first-order chi connectivity index (χ1) is 15.1. The van der Waals surface area contributed by atoms with Gasteiger partial charge in [0.1, 0.15) is 0 Å². The summed E-state index contributed by atoms with van der Waals surface area (Å²) in [6, 6.07) is 21.9. The van der Waals surface area contributed by atoms with Crippen LogP contribution < -0.4 is 10.6 Å². The largest absolute Gasteiger partial charge is 0.459 e. The molecule has 0 spiro atoms. The van der Waals surface area contributed by atoms with Gasteiger partial charge in [0.05, 0.1) is 18.2 Å². The third kappa shape index (κ3) is 6.13. The van der Waals surface area contributed by atoms with Crippen LogP contribution in [0.15, 0.2) is 99.1 Å². The van der Waals surface area contributed by atoms with Crippen molar-refractivity contribution in [2.24, 2.45) is 0 Å². The minimum atomic E-state index is -0.230. The maximum atomic E-state index is 11.7. The standard InChI is InChI=1S/C12H11NO2S.C12H11NO2/c1-16-11-7-3-2-5-9(11)13-12(14)10-6-4-8-15-10;1-9-5-2-3-6-10(9)13-12(14)11-7-4-8-15-11/h2-8H,1H3,(H,13,14);2-8H,1H3,(H,13,14). The van der Waals surface area contributed by atoms with E-state index in [2.05, 4.69) is 10.6 Å². The summed E-state index contributed by atoms with van der Waals surface area (Å²) in [6.45, 7) is 1.94. The molecule has 4 aromatic rings. The normalized spacial score (nSPS) is 10.0. The van der Waals surface area contributed by atoms with Gasteiger partial charge in [-0.1, -0.05) is 30.3 Å². The van der Waals surface area contributed by atoms with Gasteiger partial charge in [-0.15, -0.1) is 11.8 Å². The lowest BCUT2D eigenvalue weighted by atomic mass is 10.2. The molecular weight excluding hydrogens is 412 g/mol. The summed E-state index contributed by atoms with van der Waals surface area (Å²) >= 11 is 1.59. The second kappa shape index (κ2) is 10.9. The molecule has 0 radical (unpaired) electrons. The monoisotopic (exact) mass is 434 g/mol. The Balaban J connectivity index is 0.000000176. The maximum absolute atomic E-state index is 11.7. The lowest BCUT2D eigenvalue weighted by Gasteiger charge is -2.07. The van der Waals surface area contributed by atoms with Crippen molar-refractivity contribution < 1.29 is 18.4 Å². The number of benzene rings is 2. The molecule has 2 N–H and O–H groups in total. The van der Waals surface area contributed by atoms with E-state index in [-0.39, 0.29) is 11.8 Å². The van der Waals surface area contributed by atoms with Crippen molar-refractivity contribution in [3.05, 3.63) is 102 Å². The van der Waals surface area contributed by atoms with Crippen LogP contribution in [0.3, 0.4) is 0 Å². The van der Waals surface area contributed by atoms with E-state index in [0.29, 0.717) is 11.5 Å². The number of thioether (sulfide) groups is 1. The zero-order chi connectivity index (χ0) is 22.1. The molecule has 4 rings (SSSR count). The molecule has 7 heteroatoms. The smallest absolute Gasteiger partial charge is 0.291 e. The fraction of sp³-hybridized carbons (Fsp3) is 0.0833. The summed E-state index contributed by atoms with van der Waals surface area (Å²) in [5, 5.41) is 5.59. The number of amides is 2. The fourth-order valence-electron chi connectivity index (χ4n) is 2.64. The van der Waals surface area contributed by atoms with Gasteiger partial charge in [0.15, 0.2) is 11.5 Å². The molecule has 2 aromatic carbocycles. The molecule has 0 saturated heterocycles. The van der Waals surface area contributed by atoms with E-state index >= 15 is 0 Å². The Hall–Kier alpha value is -3.71. The maximum Gasteiger partial charge on any atom is 0.291 e.